The maximum atomic E-state index is 11.2. The van der Waals surface area contributed by atoms with Crippen LogP contribution in [0.1, 0.15) is 11.1 Å². The van der Waals surface area contributed by atoms with Crippen molar-refractivity contribution >= 4 is 19.2 Å². The van der Waals surface area contributed by atoms with Crippen molar-refractivity contribution in [2.75, 3.05) is 7.11 Å². The second kappa shape index (κ2) is 6.06. The van der Waals surface area contributed by atoms with Crippen LogP contribution in [-0.2, 0) is 20.2 Å². The quantitative estimate of drug-likeness (QED) is 0.478. The van der Waals surface area contributed by atoms with Crippen molar-refractivity contribution in [1.29, 1.82) is 0 Å². The third-order valence-electron chi connectivity index (χ3n) is 2.34. The summed E-state index contributed by atoms with van der Waals surface area (Å²) in [5.74, 6) is 0. The molecule has 10 nitrogen and oxygen atoms in total. The van der Waals surface area contributed by atoms with Gasteiger partial charge in [-0.3, -0.25) is 29.3 Å². The van der Waals surface area contributed by atoms with Gasteiger partial charge in [-0.15, -0.1) is 0 Å². The number of benzene rings is 1. The Morgan fingerprint density at radius 3 is 2.05 bits per heavy atom. The molecule has 0 spiro atoms. The molecule has 1 atom stereocenters. The number of nitrogens with zero attached hydrogens (tertiary/aromatic N) is 2. The van der Waals surface area contributed by atoms with Gasteiger partial charge in [0.2, 0.25) is 0 Å². The summed E-state index contributed by atoms with van der Waals surface area (Å²) in [6.07, 6.45) is 0. The molecule has 0 saturated carbocycles. The lowest BCUT2D eigenvalue weighted by Gasteiger charge is -2.10. The van der Waals surface area contributed by atoms with Gasteiger partial charge in [-0.1, -0.05) is 0 Å². The number of phosphoric acid groups is 1. The maximum absolute atomic E-state index is 11.2. The van der Waals surface area contributed by atoms with E-state index in [0.717, 1.165) is 19.2 Å². The first kappa shape index (κ1) is 16.2. The summed E-state index contributed by atoms with van der Waals surface area (Å²) in [4.78, 5) is 29.2. The summed E-state index contributed by atoms with van der Waals surface area (Å²) in [6.45, 7) is 0.658. The van der Waals surface area contributed by atoms with Gasteiger partial charge in [-0.25, -0.2) is 4.57 Å². The van der Waals surface area contributed by atoms with E-state index in [1.807, 2.05) is 0 Å². The van der Waals surface area contributed by atoms with E-state index < -0.39 is 41.2 Å². The molecule has 1 rings (SSSR count). The van der Waals surface area contributed by atoms with Gasteiger partial charge in [0.15, 0.2) is 0 Å². The predicted octanol–water partition coefficient (Wildman–Crippen LogP) is 2.07. The monoisotopic (exact) mass is 306 g/mol. The highest BCUT2D eigenvalue weighted by Gasteiger charge is 2.29. The zero-order chi connectivity index (χ0) is 15.5. The van der Waals surface area contributed by atoms with Crippen LogP contribution < -0.4 is 0 Å². The van der Waals surface area contributed by atoms with Crippen molar-refractivity contribution in [3.63, 3.8) is 0 Å². The Hall–Kier alpha value is -1.87. The van der Waals surface area contributed by atoms with E-state index in [1.165, 1.54) is 6.92 Å². The van der Waals surface area contributed by atoms with Gasteiger partial charge in [-0.2, -0.15) is 0 Å². The van der Waals surface area contributed by atoms with Crippen LogP contribution in [0.2, 0.25) is 0 Å². The topological polar surface area (TPSA) is 142 Å². The molecule has 0 amide bonds. The third-order valence-corrected chi connectivity index (χ3v) is 3.26. The van der Waals surface area contributed by atoms with E-state index in [0.29, 0.717) is 5.56 Å². The summed E-state index contributed by atoms with van der Waals surface area (Å²) in [5.41, 5.74) is -1.22. The lowest BCUT2D eigenvalue weighted by molar-refractivity contribution is -0.396. The number of hydrogen-bond acceptors (Lipinski definition) is 7. The Morgan fingerprint density at radius 2 is 1.70 bits per heavy atom. The maximum Gasteiger partial charge on any atom is 0.472 e. The van der Waals surface area contributed by atoms with Gasteiger partial charge in [0, 0.05) is 19.2 Å². The summed E-state index contributed by atoms with van der Waals surface area (Å²) < 4.78 is 19.8. The largest absolute Gasteiger partial charge is 0.472 e. The van der Waals surface area contributed by atoms with Gasteiger partial charge in [0.1, 0.15) is 5.56 Å². The van der Waals surface area contributed by atoms with Crippen molar-refractivity contribution in [3.8, 4) is 0 Å². The molecule has 0 saturated heterocycles. The van der Waals surface area contributed by atoms with Crippen LogP contribution in [0, 0.1) is 27.2 Å². The minimum Gasteiger partial charge on any atom is -0.302 e. The fourth-order valence-corrected chi connectivity index (χ4v) is 1.85. The molecule has 1 unspecified atom stereocenters. The molecule has 0 aliphatic carbocycles. The van der Waals surface area contributed by atoms with Crippen LogP contribution in [0.5, 0.6) is 0 Å². The first-order valence-corrected chi connectivity index (χ1v) is 6.63. The van der Waals surface area contributed by atoms with E-state index in [-0.39, 0.29) is 0 Å². The Morgan fingerprint density at radius 1 is 1.25 bits per heavy atom. The van der Waals surface area contributed by atoms with E-state index >= 15 is 0 Å². The molecule has 20 heavy (non-hydrogen) atoms. The van der Waals surface area contributed by atoms with Gasteiger partial charge in [0.25, 0.3) is 11.4 Å². The minimum absolute atomic E-state index is 0.311. The standard InChI is InChI=1S/C9H11N2O8P/c1-6-3-8(10(12)13)7(9(4-6)11(14)15)5-19-20(16,17)18-2/h3-4H,5H2,1-2H3,(H,16,17). The molecule has 0 aliphatic heterocycles. The number of hydrogen-bond donors (Lipinski definition) is 1. The number of phosphoric ester groups is 1. The number of rotatable bonds is 6. The third kappa shape index (κ3) is 3.81. The molecule has 11 heteroatoms. The molecule has 1 aromatic rings. The Kier molecular flexibility index (Phi) is 4.90. The van der Waals surface area contributed by atoms with E-state index in [9.17, 15) is 24.8 Å². The van der Waals surface area contributed by atoms with Crippen LogP contribution in [0.4, 0.5) is 11.4 Å². The molecule has 0 aromatic heterocycles. The molecule has 0 fully saturated rings. The predicted molar refractivity (Wildman–Crippen MR) is 66.1 cm³/mol. The molecule has 0 radical (unpaired) electrons. The first-order valence-electron chi connectivity index (χ1n) is 5.13. The van der Waals surface area contributed by atoms with Crippen molar-refractivity contribution in [1.82, 2.24) is 0 Å². The summed E-state index contributed by atoms with van der Waals surface area (Å²) in [5, 5.41) is 21.8. The average Bonchev–Trinajstić information content (AvgIpc) is 2.36. The molecule has 1 aromatic carbocycles. The summed E-state index contributed by atoms with van der Waals surface area (Å²) >= 11 is 0. The second-order valence-electron chi connectivity index (χ2n) is 3.72. The second-order valence-corrected chi connectivity index (χ2v) is 5.28. The highest BCUT2D eigenvalue weighted by molar-refractivity contribution is 7.47. The SMILES string of the molecule is COP(=O)(O)OCc1c([N+](=O)[O-])cc(C)cc1[N+](=O)[O-]. The zero-order valence-corrected chi connectivity index (χ0v) is 11.4. The molecule has 0 aliphatic rings. The molecule has 110 valence electrons. The molecule has 0 bridgehead atoms. The first-order chi connectivity index (χ1) is 9.18. The van der Waals surface area contributed by atoms with Gasteiger partial charge in [0.05, 0.1) is 16.5 Å². The minimum atomic E-state index is -4.40. The van der Waals surface area contributed by atoms with E-state index in [2.05, 4.69) is 9.05 Å². The van der Waals surface area contributed by atoms with Crippen LogP contribution in [0.25, 0.3) is 0 Å². The molecule has 1 N–H and O–H groups in total. The van der Waals surface area contributed by atoms with E-state index in [1.54, 1.807) is 0 Å². The summed E-state index contributed by atoms with van der Waals surface area (Å²) in [6, 6.07) is 2.22. The van der Waals surface area contributed by atoms with Crippen LogP contribution in [0.3, 0.4) is 0 Å². The normalized spacial score (nSPS) is 13.8. The number of nitro groups is 2. The highest BCUT2D eigenvalue weighted by atomic mass is 31.2. The summed E-state index contributed by atoms with van der Waals surface area (Å²) in [7, 11) is -3.49. The molecular formula is C9H11N2O8P. The average molecular weight is 306 g/mol. The zero-order valence-electron chi connectivity index (χ0n) is 10.5. The van der Waals surface area contributed by atoms with Crippen LogP contribution in [0.15, 0.2) is 12.1 Å². The molecular weight excluding hydrogens is 295 g/mol. The Balaban J connectivity index is 3.30. The Bertz CT molecular complexity index is 567. The van der Waals surface area contributed by atoms with Crippen LogP contribution >= 0.6 is 7.82 Å². The van der Waals surface area contributed by atoms with Gasteiger partial charge in [-0.05, 0) is 12.5 Å². The lowest BCUT2D eigenvalue weighted by atomic mass is 10.1. The van der Waals surface area contributed by atoms with Gasteiger partial charge >= 0.3 is 7.82 Å². The van der Waals surface area contributed by atoms with E-state index in [4.69, 9.17) is 4.89 Å². The fourth-order valence-electron chi connectivity index (χ4n) is 1.45. The smallest absolute Gasteiger partial charge is 0.302 e. The number of aryl methyl sites for hydroxylation is 1. The molecule has 0 heterocycles. The van der Waals surface area contributed by atoms with Crippen LogP contribution in [-0.4, -0.2) is 21.8 Å². The fraction of sp³-hybridized carbons (Fsp3) is 0.333. The van der Waals surface area contributed by atoms with Crippen molar-refractivity contribution < 1.29 is 28.4 Å². The lowest BCUT2D eigenvalue weighted by Crippen LogP contribution is -2.04. The number of nitro benzene ring substituents is 2. The van der Waals surface area contributed by atoms with Crippen molar-refractivity contribution in [2.24, 2.45) is 0 Å². The van der Waals surface area contributed by atoms with Crippen molar-refractivity contribution in [3.05, 3.63) is 43.5 Å². The van der Waals surface area contributed by atoms with Gasteiger partial charge < -0.3 is 4.89 Å². The van der Waals surface area contributed by atoms with Crippen molar-refractivity contribution in [2.45, 2.75) is 13.5 Å². The highest BCUT2D eigenvalue weighted by Crippen LogP contribution is 2.44. The Labute approximate surface area is 112 Å².